The van der Waals surface area contributed by atoms with Crippen LogP contribution in [0.25, 0.3) is 0 Å². The Morgan fingerprint density at radius 2 is 1.33 bits per heavy atom. The number of pyridine rings is 2. The molecule has 0 aliphatic carbocycles. The summed E-state index contributed by atoms with van der Waals surface area (Å²) < 4.78 is 27.1. The second kappa shape index (κ2) is 15.5. The molecule has 1 N–H and O–H groups in total. The van der Waals surface area contributed by atoms with Gasteiger partial charge in [-0.25, -0.2) is 0 Å². The Balaban J connectivity index is 1.89. The van der Waals surface area contributed by atoms with Gasteiger partial charge in [-0.1, -0.05) is 12.1 Å². The van der Waals surface area contributed by atoms with Crippen molar-refractivity contribution in [1.29, 1.82) is 0 Å². The summed E-state index contributed by atoms with van der Waals surface area (Å²) in [5.74, 6) is -3.47. The lowest BCUT2D eigenvalue weighted by atomic mass is 9.96. The Labute approximate surface area is 242 Å². The first-order valence-electron chi connectivity index (χ1n) is 13.1. The number of ether oxygens (including phenoxy) is 5. The molecule has 42 heavy (non-hydrogen) atoms. The molecule has 0 radical (unpaired) electrons. The van der Waals surface area contributed by atoms with Crippen molar-refractivity contribution in [2.75, 3.05) is 13.2 Å². The predicted octanol–water partition coefficient (Wildman–Crippen LogP) is 0.678. The van der Waals surface area contributed by atoms with Gasteiger partial charge in [-0.15, -0.1) is 0 Å². The van der Waals surface area contributed by atoms with E-state index in [4.69, 9.17) is 23.7 Å². The van der Waals surface area contributed by atoms with E-state index < -0.39 is 67.0 Å². The molecule has 3 rings (SSSR count). The molecular formula is C28H34N4O10. The Bertz CT molecular complexity index is 1190. The topological polar surface area (TPSA) is 173 Å². The molecule has 14 heteroatoms. The van der Waals surface area contributed by atoms with Crippen molar-refractivity contribution in [3.8, 4) is 0 Å². The quantitative estimate of drug-likeness (QED) is 0.272. The zero-order chi connectivity index (χ0) is 30.6. The molecule has 0 saturated carbocycles. The standard InChI is InChI=1S/C28H34N4O10/c1-17(33)38-16-23-26(39-18(2)34)27(40-19(3)35)25(28(42-23)41-20(4)36)31-24(37)15-32(13-21-9-5-7-11-29-21)14-22-10-6-8-12-30-22/h5-12,23,25-28H,13-16H2,1-4H3,(H,31,37)/t23?,25-,26+,27?,28+/m1/s1. The minimum absolute atomic E-state index is 0.168. The highest BCUT2D eigenvalue weighted by Crippen LogP contribution is 2.28. The van der Waals surface area contributed by atoms with Crippen LogP contribution in [0.4, 0.5) is 0 Å². The summed E-state index contributed by atoms with van der Waals surface area (Å²) >= 11 is 0. The van der Waals surface area contributed by atoms with Crippen molar-refractivity contribution in [3.63, 3.8) is 0 Å². The fourth-order valence-corrected chi connectivity index (χ4v) is 4.36. The van der Waals surface area contributed by atoms with Crippen molar-refractivity contribution in [3.05, 3.63) is 60.2 Å². The highest BCUT2D eigenvalue weighted by molar-refractivity contribution is 5.79. The van der Waals surface area contributed by atoms with Gasteiger partial charge in [-0.05, 0) is 24.3 Å². The SMILES string of the molecule is CC(=O)OCC1O[C@H](OC(C)=O)[C@H](NC(=O)CN(Cc2ccccn2)Cc2ccccn2)C(OC(C)=O)[C@H]1OC(C)=O. The van der Waals surface area contributed by atoms with E-state index in [0.717, 1.165) is 20.8 Å². The number of nitrogens with one attached hydrogen (secondary N) is 1. The second-order valence-electron chi connectivity index (χ2n) is 9.48. The van der Waals surface area contributed by atoms with Crippen LogP contribution in [0, 0.1) is 0 Å². The molecule has 0 spiro atoms. The molecule has 14 nitrogen and oxygen atoms in total. The average molecular weight is 587 g/mol. The van der Waals surface area contributed by atoms with Crippen molar-refractivity contribution in [2.24, 2.45) is 0 Å². The average Bonchev–Trinajstić information content (AvgIpc) is 2.91. The van der Waals surface area contributed by atoms with E-state index in [1.807, 2.05) is 24.3 Å². The van der Waals surface area contributed by atoms with Gasteiger partial charge in [0, 0.05) is 53.2 Å². The maximum Gasteiger partial charge on any atom is 0.305 e. The lowest BCUT2D eigenvalue weighted by Gasteiger charge is -2.44. The van der Waals surface area contributed by atoms with E-state index in [2.05, 4.69) is 15.3 Å². The first-order valence-corrected chi connectivity index (χ1v) is 13.1. The summed E-state index contributed by atoms with van der Waals surface area (Å²) in [5.41, 5.74) is 1.42. The fourth-order valence-electron chi connectivity index (χ4n) is 4.36. The highest BCUT2D eigenvalue weighted by atomic mass is 16.7. The molecule has 3 heterocycles. The molecule has 1 aliphatic heterocycles. The summed E-state index contributed by atoms with van der Waals surface area (Å²) in [5, 5.41) is 2.72. The van der Waals surface area contributed by atoms with Gasteiger partial charge >= 0.3 is 23.9 Å². The molecule has 1 aliphatic rings. The minimum atomic E-state index is -1.48. The van der Waals surface area contributed by atoms with Gasteiger partial charge in [-0.3, -0.25) is 38.8 Å². The van der Waals surface area contributed by atoms with Gasteiger partial charge < -0.3 is 29.0 Å². The lowest BCUT2D eigenvalue weighted by molar-refractivity contribution is -0.271. The molecule has 1 fully saturated rings. The molecule has 2 unspecified atom stereocenters. The van der Waals surface area contributed by atoms with Gasteiger partial charge in [0.15, 0.2) is 12.2 Å². The van der Waals surface area contributed by atoms with Crippen LogP contribution in [0.15, 0.2) is 48.8 Å². The van der Waals surface area contributed by atoms with Gasteiger partial charge in [0.1, 0.15) is 18.8 Å². The number of hydrogen-bond acceptors (Lipinski definition) is 13. The maximum absolute atomic E-state index is 13.5. The van der Waals surface area contributed by atoms with Crippen LogP contribution in [0.1, 0.15) is 39.1 Å². The fraction of sp³-hybridized carbons (Fsp3) is 0.464. The summed E-state index contributed by atoms with van der Waals surface area (Å²) in [6, 6.07) is 9.56. The maximum atomic E-state index is 13.5. The Morgan fingerprint density at radius 3 is 1.81 bits per heavy atom. The summed E-state index contributed by atoms with van der Waals surface area (Å²) in [4.78, 5) is 71.5. The largest absolute Gasteiger partial charge is 0.463 e. The first-order chi connectivity index (χ1) is 20.0. The van der Waals surface area contributed by atoms with Crippen LogP contribution in [-0.4, -0.2) is 88.4 Å². The molecule has 1 saturated heterocycles. The molecule has 1 amide bonds. The van der Waals surface area contributed by atoms with Crippen molar-refractivity contribution in [2.45, 2.75) is 71.4 Å². The van der Waals surface area contributed by atoms with Crippen LogP contribution >= 0.6 is 0 Å². The summed E-state index contributed by atoms with van der Waals surface area (Å²) in [7, 11) is 0. The van der Waals surface area contributed by atoms with Crippen molar-refractivity contribution in [1.82, 2.24) is 20.2 Å². The van der Waals surface area contributed by atoms with E-state index in [-0.39, 0.29) is 6.54 Å². The number of hydrogen-bond donors (Lipinski definition) is 1. The van der Waals surface area contributed by atoms with E-state index in [1.54, 1.807) is 29.4 Å². The van der Waals surface area contributed by atoms with Crippen LogP contribution in [0.5, 0.6) is 0 Å². The molecule has 226 valence electrons. The van der Waals surface area contributed by atoms with Crippen molar-refractivity contribution < 1.29 is 47.7 Å². The Hall–Kier alpha value is -4.43. The normalized spacial score (nSPS) is 21.6. The Morgan fingerprint density at radius 1 is 0.786 bits per heavy atom. The molecule has 2 aromatic heterocycles. The Kier molecular flexibility index (Phi) is 11.9. The predicted molar refractivity (Wildman–Crippen MR) is 143 cm³/mol. The van der Waals surface area contributed by atoms with E-state index in [9.17, 15) is 24.0 Å². The summed E-state index contributed by atoms with van der Waals surface area (Å²) in [6.45, 7) is 4.57. The van der Waals surface area contributed by atoms with E-state index >= 15 is 0 Å². The van der Waals surface area contributed by atoms with Crippen LogP contribution in [0.3, 0.4) is 0 Å². The summed E-state index contributed by atoms with van der Waals surface area (Å²) in [6.07, 6.45) is -2.08. The van der Waals surface area contributed by atoms with Crippen LogP contribution < -0.4 is 5.32 Å². The molecule has 2 aromatic rings. The second-order valence-corrected chi connectivity index (χ2v) is 9.48. The minimum Gasteiger partial charge on any atom is -0.463 e. The lowest BCUT2D eigenvalue weighted by Crippen LogP contribution is -2.67. The molecular weight excluding hydrogens is 552 g/mol. The van der Waals surface area contributed by atoms with Crippen LogP contribution in [0.2, 0.25) is 0 Å². The third-order valence-electron chi connectivity index (χ3n) is 5.90. The molecule has 0 bridgehead atoms. The molecule has 5 atom stereocenters. The highest BCUT2D eigenvalue weighted by Gasteiger charge is 2.52. The number of amides is 1. The van der Waals surface area contributed by atoms with E-state index in [0.29, 0.717) is 24.5 Å². The van der Waals surface area contributed by atoms with E-state index in [1.165, 1.54) is 6.92 Å². The smallest absolute Gasteiger partial charge is 0.305 e. The zero-order valence-electron chi connectivity index (χ0n) is 23.8. The zero-order valence-corrected chi connectivity index (χ0v) is 23.8. The molecule has 0 aromatic carbocycles. The number of esters is 4. The number of aromatic nitrogens is 2. The van der Waals surface area contributed by atoms with Gasteiger partial charge in [0.25, 0.3) is 0 Å². The van der Waals surface area contributed by atoms with Gasteiger partial charge in [0.2, 0.25) is 12.2 Å². The van der Waals surface area contributed by atoms with Crippen LogP contribution in [-0.2, 0) is 60.7 Å². The number of carbonyl (C=O) groups is 5. The monoisotopic (exact) mass is 586 g/mol. The number of carbonyl (C=O) groups excluding carboxylic acids is 5. The third kappa shape index (κ3) is 10.2. The van der Waals surface area contributed by atoms with Gasteiger partial charge in [-0.2, -0.15) is 0 Å². The number of rotatable bonds is 12. The number of nitrogens with zero attached hydrogens (tertiary/aromatic N) is 3. The first kappa shape index (κ1) is 32.1. The third-order valence-corrected chi connectivity index (χ3v) is 5.90. The van der Waals surface area contributed by atoms with Gasteiger partial charge in [0.05, 0.1) is 17.9 Å². The van der Waals surface area contributed by atoms with Crippen molar-refractivity contribution >= 4 is 29.8 Å².